The number of nitrogens with one attached hydrogen (secondary N) is 2. The van der Waals surface area contributed by atoms with Crippen LogP contribution >= 0.6 is 0 Å². The first-order chi connectivity index (χ1) is 13.0. The first-order valence-corrected chi connectivity index (χ1v) is 9.37. The molecule has 0 bridgehead atoms. The minimum Gasteiger partial charge on any atom is -0.508 e. The lowest BCUT2D eigenvalue weighted by atomic mass is 10.1. The third-order valence-electron chi connectivity index (χ3n) is 4.30. The van der Waals surface area contributed by atoms with Crippen LogP contribution in [0, 0.1) is 0 Å². The number of aromatic hydroxyl groups is 2. The highest BCUT2D eigenvalue weighted by Gasteiger charge is 2.04. The third-order valence-corrected chi connectivity index (χ3v) is 4.30. The lowest BCUT2D eigenvalue weighted by Crippen LogP contribution is -2.17. The minimum absolute atomic E-state index is 0.120. The number of hydrogen-bond acceptors (Lipinski definition) is 4. The predicted octanol–water partition coefficient (Wildman–Crippen LogP) is 3.73. The van der Waals surface area contributed by atoms with Crippen LogP contribution in [0.3, 0.4) is 0 Å². The molecule has 0 aliphatic carbocycles. The van der Waals surface area contributed by atoms with Crippen molar-refractivity contribution >= 4 is 10.9 Å². The highest BCUT2D eigenvalue weighted by Crippen LogP contribution is 2.24. The van der Waals surface area contributed by atoms with Crippen LogP contribution < -0.4 is 10.9 Å². The van der Waals surface area contributed by atoms with E-state index in [0.717, 1.165) is 36.9 Å². The molecule has 0 unspecified atom stereocenters. The second kappa shape index (κ2) is 10.4. The normalized spacial score (nSPS) is 10.4. The summed E-state index contributed by atoms with van der Waals surface area (Å²) in [7, 11) is 0. The van der Waals surface area contributed by atoms with Gasteiger partial charge in [-0.1, -0.05) is 32.0 Å². The number of aryl methyl sites for hydroxylation is 1. The summed E-state index contributed by atoms with van der Waals surface area (Å²) in [6, 6.07) is 14.1. The predicted molar refractivity (Wildman–Crippen MR) is 111 cm³/mol. The Morgan fingerprint density at radius 1 is 0.926 bits per heavy atom. The largest absolute Gasteiger partial charge is 0.508 e. The van der Waals surface area contributed by atoms with E-state index in [0.29, 0.717) is 11.3 Å². The van der Waals surface area contributed by atoms with E-state index in [1.54, 1.807) is 24.3 Å². The summed E-state index contributed by atoms with van der Waals surface area (Å²) in [6.07, 6.45) is 3.08. The Morgan fingerprint density at radius 2 is 1.67 bits per heavy atom. The van der Waals surface area contributed by atoms with Gasteiger partial charge >= 0.3 is 0 Å². The number of phenols is 2. The Bertz CT molecular complexity index is 902. The fraction of sp³-hybridized carbons (Fsp3) is 0.318. The topological polar surface area (TPSA) is 85.3 Å². The van der Waals surface area contributed by atoms with Crippen molar-refractivity contribution in [1.29, 1.82) is 0 Å². The van der Waals surface area contributed by atoms with Crippen molar-refractivity contribution < 1.29 is 10.2 Å². The van der Waals surface area contributed by atoms with Crippen molar-refractivity contribution in [3.63, 3.8) is 0 Å². The van der Waals surface area contributed by atoms with Crippen molar-refractivity contribution in [3.05, 3.63) is 70.0 Å². The smallest absolute Gasteiger partial charge is 0.248 e. The molecule has 0 aliphatic rings. The Hall–Kier alpha value is -2.79. The molecule has 0 spiro atoms. The molecule has 0 amide bonds. The molecule has 0 radical (unpaired) electrons. The standard InChI is InChI=1S/C11H11NO2.C11H17NO/c1-2-7-3-5-9(13)11-8(7)4-6-10(14)12-11;1-2-8-12-9-7-10-3-5-11(13)6-4-10/h3-6,13H,2H2,1H3,(H,12,14);3-6,12-13H,2,7-9H2,1H3. The average Bonchev–Trinajstić information content (AvgIpc) is 2.68. The number of hydrogen-bond donors (Lipinski definition) is 4. The number of benzene rings is 2. The number of rotatable bonds is 6. The molecule has 0 fully saturated rings. The lowest BCUT2D eigenvalue weighted by Gasteiger charge is -2.04. The molecule has 0 atom stereocenters. The molecule has 1 aromatic heterocycles. The van der Waals surface area contributed by atoms with E-state index in [-0.39, 0.29) is 11.3 Å². The van der Waals surface area contributed by atoms with Crippen LogP contribution in [0.15, 0.2) is 53.3 Å². The maximum atomic E-state index is 11.1. The number of phenolic OH excluding ortho intramolecular Hbond substituents is 2. The van der Waals surface area contributed by atoms with Gasteiger partial charge in [-0.2, -0.15) is 0 Å². The summed E-state index contributed by atoms with van der Waals surface area (Å²) >= 11 is 0. The zero-order valence-electron chi connectivity index (χ0n) is 16.0. The maximum Gasteiger partial charge on any atom is 0.248 e. The van der Waals surface area contributed by atoms with Crippen molar-refractivity contribution in [1.82, 2.24) is 10.3 Å². The number of aromatic amines is 1. The van der Waals surface area contributed by atoms with Gasteiger partial charge < -0.3 is 20.5 Å². The van der Waals surface area contributed by atoms with E-state index in [9.17, 15) is 9.90 Å². The quantitative estimate of drug-likeness (QED) is 0.500. The zero-order chi connectivity index (χ0) is 19.6. The molecule has 2 aromatic carbocycles. The molecule has 0 saturated carbocycles. The van der Waals surface area contributed by atoms with Crippen molar-refractivity contribution in [2.45, 2.75) is 33.1 Å². The second-order valence-electron chi connectivity index (χ2n) is 6.38. The molecule has 5 nitrogen and oxygen atoms in total. The molecular formula is C22H28N2O3. The minimum atomic E-state index is -0.193. The summed E-state index contributed by atoms with van der Waals surface area (Å²) in [6.45, 7) is 6.29. The van der Waals surface area contributed by atoms with Crippen LogP contribution in [0.2, 0.25) is 0 Å². The molecular weight excluding hydrogens is 340 g/mol. The molecule has 0 aliphatic heterocycles. The van der Waals surface area contributed by atoms with Crippen molar-refractivity contribution in [2.24, 2.45) is 0 Å². The van der Waals surface area contributed by atoms with Crippen molar-refractivity contribution in [2.75, 3.05) is 13.1 Å². The fourth-order valence-corrected chi connectivity index (χ4v) is 2.80. The van der Waals surface area contributed by atoms with E-state index < -0.39 is 0 Å². The van der Waals surface area contributed by atoms with Gasteiger partial charge in [-0.3, -0.25) is 4.79 Å². The van der Waals surface area contributed by atoms with E-state index in [2.05, 4.69) is 17.2 Å². The second-order valence-corrected chi connectivity index (χ2v) is 6.38. The number of pyridine rings is 1. The van der Waals surface area contributed by atoms with Crippen LogP contribution in [0.1, 0.15) is 31.4 Å². The van der Waals surface area contributed by atoms with Crippen LogP contribution in [-0.2, 0) is 12.8 Å². The van der Waals surface area contributed by atoms with E-state index in [1.807, 2.05) is 25.1 Å². The third kappa shape index (κ3) is 6.15. The van der Waals surface area contributed by atoms with Gasteiger partial charge in [0.05, 0.1) is 5.52 Å². The Kier molecular flexibility index (Phi) is 7.89. The Balaban J connectivity index is 0.000000194. The molecule has 27 heavy (non-hydrogen) atoms. The van der Waals surface area contributed by atoms with Crippen LogP contribution in [-0.4, -0.2) is 28.3 Å². The Labute approximate surface area is 159 Å². The zero-order valence-corrected chi connectivity index (χ0v) is 16.0. The van der Waals surface area contributed by atoms with Gasteiger partial charge in [0.2, 0.25) is 5.56 Å². The molecule has 4 N–H and O–H groups in total. The van der Waals surface area contributed by atoms with E-state index >= 15 is 0 Å². The van der Waals surface area contributed by atoms with Gasteiger partial charge in [0, 0.05) is 11.5 Å². The van der Waals surface area contributed by atoms with Gasteiger partial charge in [0.1, 0.15) is 11.5 Å². The first kappa shape index (κ1) is 20.5. The summed E-state index contributed by atoms with van der Waals surface area (Å²) in [5.74, 6) is 0.458. The number of H-pyrrole nitrogens is 1. The summed E-state index contributed by atoms with van der Waals surface area (Å²) < 4.78 is 0. The van der Waals surface area contributed by atoms with Gasteiger partial charge in [-0.15, -0.1) is 0 Å². The monoisotopic (exact) mass is 368 g/mol. The fourth-order valence-electron chi connectivity index (χ4n) is 2.80. The van der Waals surface area contributed by atoms with E-state index in [4.69, 9.17) is 5.11 Å². The van der Waals surface area contributed by atoms with Crippen LogP contribution in [0.5, 0.6) is 11.5 Å². The summed E-state index contributed by atoms with van der Waals surface area (Å²) in [5.41, 5.74) is 2.72. The molecule has 3 rings (SSSR count). The average molecular weight is 368 g/mol. The highest BCUT2D eigenvalue weighted by atomic mass is 16.3. The molecule has 144 valence electrons. The molecule has 1 heterocycles. The lowest BCUT2D eigenvalue weighted by molar-refractivity contribution is 0.475. The van der Waals surface area contributed by atoms with Gasteiger partial charge in [-0.05, 0) is 67.7 Å². The Morgan fingerprint density at radius 3 is 2.33 bits per heavy atom. The van der Waals surface area contributed by atoms with Gasteiger partial charge in [0.15, 0.2) is 0 Å². The molecule has 3 aromatic rings. The number of fused-ring (bicyclic) bond motifs is 1. The highest BCUT2D eigenvalue weighted by molar-refractivity contribution is 5.87. The van der Waals surface area contributed by atoms with Crippen LogP contribution in [0.25, 0.3) is 10.9 Å². The molecule has 0 saturated heterocycles. The maximum absolute atomic E-state index is 11.1. The summed E-state index contributed by atoms with van der Waals surface area (Å²) in [5, 5.41) is 22.8. The first-order valence-electron chi connectivity index (χ1n) is 9.37. The van der Waals surface area contributed by atoms with E-state index in [1.165, 1.54) is 18.1 Å². The van der Waals surface area contributed by atoms with Crippen molar-refractivity contribution in [3.8, 4) is 11.5 Å². The van der Waals surface area contributed by atoms with Gasteiger partial charge in [-0.25, -0.2) is 0 Å². The van der Waals surface area contributed by atoms with Gasteiger partial charge in [0.25, 0.3) is 0 Å². The van der Waals surface area contributed by atoms with Crippen LogP contribution in [0.4, 0.5) is 0 Å². The SMILES string of the molecule is CCCNCCc1ccc(O)cc1.CCc1ccc(O)c2[nH]c(=O)ccc12. The molecule has 5 heteroatoms. The number of aromatic nitrogens is 1. The summed E-state index contributed by atoms with van der Waals surface area (Å²) in [4.78, 5) is 13.7.